The lowest BCUT2D eigenvalue weighted by molar-refractivity contribution is -0.221. The van der Waals surface area contributed by atoms with E-state index in [4.69, 9.17) is 9.47 Å². The Morgan fingerprint density at radius 1 is 1.10 bits per heavy atom. The number of carbonyl (C=O) groups is 3. The monoisotopic (exact) mass is 583 g/mol. The van der Waals surface area contributed by atoms with Crippen LogP contribution < -0.4 is 0 Å². The number of aliphatic hydroxyl groups is 3. The van der Waals surface area contributed by atoms with Crippen molar-refractivity contribution in [3.05, 3.63) is 59.2 Å². The molecule has 9 heteroatoms. The Morgan fingerprint density at radius 3 is 2.29 bits per heavy atom. The molecule has 0 aromatic heterocycles. The van der Waals surface area contributed by atoms with Crippen LogP contribution in [0, 0.1) is 16.7 Å². The SMILES string of the molecule is C=C1[C@@H]2[C@@H](O)[C@@]3(O)CC(=O)C(C)=C([C@H](OC(C)=O)[C@@H](O)[C@@]2(C)CC[C@H]1OC(=O)C[C@@H](c1ccccc1)N(C)C)C3(C)C. The summed E-state index contributed by atoms with van der Waals surface area (Å²) in [6.07, 6.45) is -4.58. The van der Waals surface area contributed by atoms with Crippen molar-refractivity contribution in [1.82, 2.24) is 4.90 Å². The van der Waals surface area contributed by atoms with Gasteiger partial charge >= 0.3 is 11.9 Å². The Morgan fingerprint density at radius 2 is 1.71 bits per heavy atom. The Kier molecular flexibility index (Phi) is 8.66. The van der Waals surface area contributed by atoms with Gasteiger partial charge in [-0.3, -0.25) is 14.4 Å². The average molecular weight is 584 g/mol. The van der Waals surface area contributed by atoms with Crippen LogP contribution >= 0.6 is 0 Å². The number of hydrogen-bond donors (Lipinski definition) is 3. The van der Waals surface area contributed by atoms with Crippen molar-refractivity contribution in [2.24, 2.45) is 16.7 Å². The lowest BCUT2D eigenvalue weighted by atomic mass is 9.48. The number of aliphatic hydroxyl groups excluding tert-OH is 2. The van der Waals surface area contributed by atoms with Gasteiger partial charge in [-0.15, -0.1) is 0 Å². The number of Topliss-reactive ketones (excluding diaryl/α,β-unsaturated/α-hetero) is 1. The van der Waals surface area contributed by atoms with Crippen LogP contribution in [0.15, 0.2) is 53.6 Å². The van der Waals surface area contributed by atoms with Gasteiger partial charge in [-0.25, -0.2) is 0 Å². The van der Waals surface area contributed by atoms with Gasteiger partial charge in [0.05, 0.1) is 12.5 Å². The van der Waals surface area contributed by atoms with Crippen LogP contribution in [0.4, 0.5) is 0 Å². The predicted octanol–water partition coefficient (Wildman–Crippen LogP) is 3.28. The maximum Gasteiger partial charge on any atom is 0.308 e. The summed E-state index contributed by atoms with van der Waals surface area (Å²) in [6, 6.07) is 9.42. The number of esters is 2. The van der Waals surface area contributed by atoms with Crippen LogP contribution in [0.2, 0.25) is 0 Å². The number of nitrogens with zero attached hydrogens (tertiary/aromatic N) is 1. The maximum absolute atomic E-state index is 13.3. The normalized spacial score (nSPS) is 35.2. The van der Waals surface area contributed by atoms with Crippen molar-refractivity contribution < 1.29 is 39.2 Å². The second-order valence-corrected chi connectivity index (χ2v) is 13.3. The van der Waals surface area contributed by atoms with E-state index >= 15 is 0 Å². The zero-order chi connectivity index (χ0) is 31.4. The molecule has 9 nitrogen and oxygen atoms in total. The number of carbonyl (C=O) groups excluding carboxylic acids is 3. The van der Waals surface area contributed by atoms with Crippen molar-refractivity contribution in [2.45, 2.75) is 96.4 Å². The minimum absolute atomic E-state index is 0.0847. The van der Waals surface area contributed by atoms with E-state index in [9.17, 15) is 29.7 Å². The fourth-order valence-corrected chi connectivity index (χ4v) is 7.65. The van der Waals surface area contributed by atoms with Gasteiger partial charge in [-0.05, 0) is 56.1 Å². The Hall–Kier alpha value is -2.85. The summed E-state index contributed by atoms with van der Waals surface area (Å²) in [6.45, 7) is 12.2. The molecule has 8 atom stereocenters. The summed E-state index contributed by atoms with van der Waals surface area (Å²) in [5.74, 6) is -2.47. The van der Waals surface area contributed by atoms with E-state index in [1.54, 1.807) is 27.7 Å². The molecule has 3 aliphatic rings. The van der Waals surface area contributed by atoms with Gasteiger partial charge in [0.15, 0.2) is 11.9 Å². The second-order valence-electron chi connectivity index (χ2n) is 13.3. The number of ether oxygens (including phenoxy) is 2. The molecular formula is C33H45NO8. The summed E-state index contributed by atoms with van der Waals surface area (Å²) in [7, 11) is 3.78. The largest absolute Gasteiger partial charge is 0.458 e. The van der Waals surface area contributed by atoms with E-state index in [1.165, 1.54) is 6.92 Å². The van der Waals surface area contributed by atoms with Gasteiger partial charge in [0.25, 0.3) is 0 Å². The maximum atomic E-state index is 13.3. The first-order valence-electron chi connectivity index (χ1n) is 14.6. The number of rotatable bonds is 6. The molecule has 3 N–H and O–H groups in total. The van der Waals surface area contributed by atoms with Gasteiger partial charge in [0.1, 0.15) is 17.8 Å². The Labute approximate surface area is 248 Å². The fraction of sp³-hybridized carbons (Fsp3) is 0.606. The van der Waals surface area contributed by atoms with Crippen LogP contribution in [0.3, 0.4) is 0 Å². The Balaban J connectivity index is 1.71. The molecular weight excluding hydrogens is 538 g/mol. The Bertz CT molecular complexity index is 1290. The molecule has 4 rings (SSSR count). The van der Waals surface area contributed by atoms with Crippen molar-refractivity contribution in [3.63, 3.8) is 0 Å². The van der Waals surface area contributed by atoms with E-state index in [0.29, 0.717) is 23.1 Å². The minimum atomic E-state index is -1.97. The highest BCUT2D eigenvalue weighted by atomic mass is 16.6. The number of hydrogen-bond acceptors (Lipinski definition) is 9. The highest BCUT2D eigenvalue weighted by molar-refractivity contribution is 5.98. The average Bonchev–Trinajstić information content (AvgIpc) is 2.91. The molecule has 42 heavy (non-hydrogen) atoms. The van der Waals surface area contributed by atoms with Gasteiger partial charge in [-0.1, -0.05) is 57.7 Å². The summed E-state index contributed by atoms with van der Waals surface area (Å²) in [5, 5.41) is 36.2. The molecule has 2 bridgehead atoms. The third kappa shape index (κ3) is 5.14. The molecule has 2 saturated carbocycles. The summed E-state index contributed by atoms with van der Waals surface area (Å²) >= 11 is 0. The third-order valence-corrected chi connectivity index (χ3v) is 10.3. The van der Waals surface area contributed by atoms with Gasteiger partial charge in [0.2, 0.25) is 0 Å². The van der Waals surface area contributed by atoms with Gasteiger partial charge in [-0.2, -0.15) is 0 Å². The lowest BCUT2D eigenvalue weighted by Crippen LogP contribution is -2.69. The molecule has 0 spiro atoms. The zero-order valence-corrected chi connectivity index (χ0v) is 25.7. The van der Waals surface area contributed by atoms with E-state index in [0.717, 1.165) is 5.56 Å². The van der Waals surface area contributed by atoms with E-state index in [2.05, 4.69) is 6.58 Å². The smallest absolute Gasteiger partial charge is 0.308 e. The second kappa shape index (κ2) is 11.3. The topological polar surface area (TPSA) is 134 Å². The molecule has 1 aromatic carbocycles. The lowest BCUT2D eigenvalue weighted by Gasteiger charge is -2.61. The predicted molar refractivity (Wildman–Crippen MR) is 156 cm³/mol. The standard InChI is InChI=1S/C33H45NO8/c1-18-23(36)17-33(40)29(38)27-19(2)24(42-25(37)16-22(34(7)8)21-12-10-9-11-13-21)14-15-32(27,6)30(39)28(41-20(3)35)26(18)31(33,4)5/h9-13,22,24,27-30,38-40H,2,14-17H2,1,3-8H3/t22-,24+,27+,28-,29+,30+,32-,33-/m0/s1. The van der Waals surface area contributed by atoms with Crippen molar-refractivity contribution >= 4 is 17.7 Å². The quantitative estimate of drug-likeness (QED) is 0.341. The van der Waals surface area contributed by atoms with Crippen molar-refractivity contribution in [2.75, 3.05) is 14.1 Å². The first-order valence-corrected chi connectivity index (χ1v) is 14.6. The summed E-state index contributed by atoms with van der Waals surface area (Å²) in [5.41, 5.74) is -2.44. The van der Waals surface area contributed by atoms with Crippen molar-refractivity contribution in [3.8, 4) is 0 Å². The van der Waals surface area contributed by atoms with Gasteiger partial charge in [0, 0.05) is 36.1 Å². The van der Waals surface area contributed by atoms with Crippen molar-refractivity contribution in [1.29, 1.82) is 0 Å². The minimum Gasteiger partial charge on any atom is -0.458 e. The first kappa shape index (κ1) is 32.1. The zero-order valence-electron chi connectivity index (χ0n) is 25.7. The number of fused-ring (bicyclic) bond motifs is 3. The molecule has 1 aromatic rings. The molecule has 0 amide bonds. The van der Waals surface area contributed by atoms with E-state index < -0.39 is 64.5 Å². The van der Waals surface area contributed by atoms with E-state index in [-0.39, 0.29) is 25.3 Å². The van der Waals surface area contributed by atoms with Crippen LogP contribution in [-0.4, -0.2) is 82.1 Å². The number of benzene rings is 1. The molecule has 0 unspecified atom stereocenters. The molecule has 0 aliphatic heterocycles. The van der Waals surface area contributed by atoms with Crippen LogP contribution in [0.5, 0.6) is 0 Å². The van der Waals surface area contributed by atoms with Crippen LogP contribution in [-0.2, 0) is 23.9 Å². The third-order valence-electron chi connectivity index (χ3n) is 10.3. The molecule has 230 valence electrons. The van der Waals surface area contributed by atoms with Crippen LogP contribution in [0.1, 0.15) is 71.9 Å². The molecule has 0 radical (unpaired) electrons. The number of allylic oxidation sites excluding steroid dienone is 1. The van der Waals surface area contributed by atoms with Gasteiger partial charge < -0.3 is 29.7 Å². The molecule has 0 saturated heterocycles. The fourth-order valence-electron chi connectivity index (χ4n) is 7.65. The molecule has 0 heterocycles. The first-order chi connectivity index (χ1) is 19.5. The van der Waals surface area contributed by atoms with Crippen LogP contribution in [0.25, 0.3) is 0 Å². The summed E-state index contributed by atoms with van der Waals surface area (Å²) < 4.78 is 11.7. The summed E-state index contributed by atoms with van der Waals surface area (Å²) in [4.78, 5) is 40.7. The molecule has 3 aliphatic carbocycles. The van der Waals surface area contributed by atoms with E-state index in [1.807, 2.05) is 49.3 Å². The molecule has 2 fully saturated rings. The number of ketones is 1. The highest BCUT2D eigenvalue weighted by Crippen LogP contribution is 2.60. The highest BCUT2D eigenvalue weighted by Gasteiger charge is 2.67.